The van der Waals surface area contributed by atoms with Crippen LogP contribution in [0.1, 0.15) is 0 Å². The van der Waals surface area contributed by atoms with E-state index in [0.717, 1.165) is 132 Å². The second-order valence-corrected chi connectivity index (χ2v) is 22.5. The highest BCUT2D eigenvalue weighted by molar-refractivity contribution is 6.14. The van der Waals surface area contributed by atoms with Gasteiger partial charge in [0.05, 0.1) is 0 Å². The molecule has 0 bridgehead atoms. The number of nitrogens with zero attached hydrogens (tertiary/aromatic N) is 6. The van der Waals surface area contributed by atoms with Gasteiger partial charge in [0.2, 0.25) is 0 Å². The van der Waals surface area contributed by atoms with Gasteiger partial charge in [-0.3, -0.25) is 0 Å². The van der Waals surface area contributed by atoms with Crippen LogP contribution in [0.2, 0.25) is 0 Å². The summed E-state index contributed by atoms with van der Waals surface area (Å²) in [6.45, 7) is 0. The van der Waals surface area contributed by atoms with Gasteiger partial charge < -0.3 is 8.83 Å². The minimum absolute atomic E-state index is 0.636. The van der Waals surface area contributed by atoms with Crippen LogP contribution in [0.15, 0.2) is 312 Å². The predicted molar refractivity (Wildman–Crippen MR) is 368 cm³/mol. The molecule has 14 aromatic carbocycles. The molecule has 8 nitrogen and oxygen atoms in total. The first kappa shape index (κ1) is 52.1. The third kappa shape index (κ3) is 9.35. The lowest BCUT2D eigenvalue weighted by Crippen LogP contribution is -2.00. The van der Waals surface area contributed by atoms with Crippen LogP contribution in [0.4, 0.5) is 0 Å². The Morgan fingerprint density at radius 2 is 0.556 bits per heavy atom. The van der Waals surface area contributed by atoms with E-state index in [1.54, 1.807) is 0 Å². The summed E-state index contributed by atoms with van der Waals surface area (Å²) in [7, 11) is 0. The van der Waals surface area contributed by atoms with E-state index in [2.05, 4.69) is 212 Å². The monoisotopic (exact) mass is 1150 g/mol. The first-order valence-corrected chi connectivity index (χ1v) is 30.1. The Balaban J connectivity index is 0.000000139. The van der Waals surface area contributed by atoms with Crippen LogP contribution in [0.3, 0.4) is 0 Å². The van der Waals surface area contributed by atoms with Crippen LogP contribution in [-0.2, 0) is 0 Å². The lowest BCUT2D eigenvalue weighted by atomic mass is 9.93. The first-order valence-electron chi connectivity index (χ1n) is 30.1. The Labute approximate surface area is 516 Å². The molecule has 0 unspecified atom stereocenters. The van der Waals surface area contributed by atoms with Gasteiger partial charge in [-0.05, 0) is 108 Å². The Morgan fingerprint density at radius 3 is 1.11 bits per heavy atom. The van der Waals surface area contributed by atoms with Crippen molar-refractivity contribution in [2.75, 3.05) is 0 Å². The molecule has 8 heteroatoms. The van der Waals surface area contributed by atoms with Crippen molar-refractivity contribution in [2.45, 2.75) is 0 Å². The van der Waals surface area contributed by atoms with Gasteiger partial charge in [0, 0.05) is 60.5 Å². The molecule has 0 radical (unpaired) electrons. The minimum atomic E-state index is 0.636. The van der Waals surface area contributed by atoms with E-state index in [-0.39, 0.29) is 0 Å². The highest BCUT2D eigenvalue weighted by atomic mass is 16.3. The maximum Gasteiger partial charge on any atom is 0.164 e. The number of rotatable bonds is 8. The van der Waals surface area contributed by atoms with Crippen LogP contribution in [0.5, 0.6) is 0 Å². The zero-order chi connectivity index (χ0) is 59.5. The number of benzene rings is 14. The number of hydrogen-bond donors (Lipinski definition) is 0. The van der Waals surface area contributed by atoms with Gasteiger partial charge in [-0.15, -0.1) is 0 Å². The maximum atomic E-state index is 6.43. The Bertz CT molecular complexity index is 5820. The summed E-state index contributed by atoms with van der Waals surface area (Å²) in [5, 5.41) is 13.5. The molecule has 0 saturated heterocycles. The molecule has 0 aliphatic carbocycles. The molecule has 4 aromatic heterocycles. The zero-order valence-electron chi connectivity index (χ0n) is 48.4. The fourth-order valence-electron chi connectivity index (χ4n) is 12.7. The average molecular weight is 1150 g/mol. The molecule has 0 saturated carbocycles. The van der Waals surface area contributed by atoms with Gasteiger partial charge in [0.1, 0.15) is 22.3 Å². The molecule has 4 heterocycles. The standard InChI is InChI=1S/2C41H25N3O/c1-2-12-27(13-3-1)39-42-40(29-22-21-26-11-4-5-14-28(26)25-29)44-41(43-39)36-24-23-32(30-15-6-7-16-31(30)36)34-18-10-19-35-33-17-8-9-20-37(33)45-38(34)35;1-2-11-27(12-3-1)39-42-40(30-19-18-26-10-4-5-13-28(26)24-30)44-41(43-39)36-23-22-31(32-14-6-7-15-33(32)36)29-20-21-35-34-16-8-9-17-37(34)45-38(35)25-29/h2*1-25H. The third-order valence-electron chi connectivity index (χ3n) is 17.1. The van der Waals surface area contributed by atoms with Gasteiger partial charge in [0.25, 0.3) is 0 Å². The molecule has 0 aliphatic heterocycles. The van der Waals surface area contributed by atoms with Crippen LogP contribution in [0.25, 0.3) is 178 Å². The smallest absolute Gasteiger partial charge is 0.164 e. The molecular weight excluding hydrogens is 1100 g/mol. The average Bonchev–Trinajstić information content (AvgIpc) is 1.76. The number of furan rings is 2. The van der Waals surface area contributed by atoms with Crippen molar-refractivity contribution in [3.8, 4) is 90.6 Å². The van der Waals surface area contributed by atoms with Crippen molar-refractivity contribution >= 4 is 87.0 Å². The number of fused-ring (bicyclic) bond motifs is 10. The topological polar surface area (TPSA) is 104 Å². The Hall–Kier alpha value is -12.3. The molecular formula is C82H50N6O2. The molecule has 18 rings (SSSR count). The maximum absolute atomic E-state index is 6.43. The molecule has 420 valence electrons. The molecule has 18 aromatic rings. The number of para-hydroxylation sites is 3. The van der Waals surface area contributed by atoms with Crippen LogP contribution in [-0.4, -0.2) is 29.9 Å². The first-order chi connectivity index (χ1) is 44.6. The lowest BCUT2D eigenvalue weighted by molar-refractivity contribution is 0.669. The van der Waals surface area contributed by atoms with Crippen molar-refractivity contribution in [2.24, 2.45) is 0 Å². The highest BCUT2D eigenvalue weighted by Gasteiger charge is 2.21. The summed E-state index contributed by atoms with van der Waals surface area (Å²) in [4.78, 5) is 30.2. The molecule has 0 spiro atoms. The Kier molecular flexibility index (Phi) is 12.7. The van der Waals surface area contributed by atoms with Crippen LogP contribution in [0, 0.1) is 0 Å². The van der Waals surface area contributed by atoms with Gasteiger partial charge in [-0.1, -0.05) is 255 Å². The van der Waals surface area contributed by atoms with Crippen LogP contribution < -0.4 is 0 Å². The molecule has 0 amide bonds. The van der Waals surface area contributed by atoms with Crippen molar-refractivity contribution < 1.29 is 8.83 Å². The third-order valence-corrected chi connectivity index (χ3v) is 17.1. The highest BCUT2D eigenvalue weighted by Crippen LogP contribution is 2.43. The van der Waals surface area contributed by atoms with E-state index in [0.29, 0.717) is 34.9 Å². The van der Waals surface area contributed by atoms with E-state index in [9.17, 15) is 0 Å². The normalized spacial score (nSPS) is 11.6. The number of aromatic nitrogens is 6. The van der Waals surface area contributed by atoms with Crippen molar-refractivity contribution in [3.05, 3.63) is 303 Å². The zero-order valence-corrected chi connectivity index (χ0v) is 48.4. The van der Waals surface area contributed by atoms with Crippen molar-refractivity contribution in [1.29, 1.82) is 0 Å². The quantitative estimate of drug-likeness (QED) is 0.148. The van der Waals surface area contributed by atoms with Gasteiger partial charge in [0.15, 0.2) is 34.9 Å². The Morgan fingerprint density at radius 1 is 0.178 bits per heavy atom. The summed E-state index contributed by atoms with van der Waals surface area (Å²) in [5.74, 6) is 3.85. The summed E-state index contributed by atoms with van der Waals surface area (Å²) in [5.41, 5.74) is 13.7. The fraction of sp³-hybridized carbons (Fsp3) is 0. The summed E-state index contributed by atoms with van der Waals surface area (Å²) in [6.07, 6.45) is 0. The molecule has 0 fully saturated rings. The van der Waals surface area contributed by atoms with Gasteiger partial charge in [-0.2, -0.15) is 0 Å². The van der Waals surface area contributed by atoms with E-state index in [1.807, 2.05) is 91.0 Å². The lowest BCUT2D eigenvalue weighted by Gasteiger charge is -2.13. The second-order valence-electron chi connectivity index (χ2n) is 22.5. The van der Waals surface area contributed by atoms with E-state index < -0.39 is 0 Å². The van der Waals surface area contributed by atoms with Crippen molar-refractivity contribution in [1.82, 2.24) is 29.9 Å². The van der Waals surface area contributed by atoms with E-state index in [1.165, 1.54) is 10.8 Å². The minimum Gasteiger partial charge on any atom is -0.456 e. The summed E-state index contributed by atoms with van der Waals surface area (Å²) in [6, 6.07) is 104. The van der Waals surface area contributed by atoms with Crippen molar-refractivity contribution in [3.63, 3.8) is 0 Å². The van der Waals surface area contributed by atoms with E-state index >= 15 is 0 Å². The molecule has 0 aliphatic rings. The van der Waals surface area contributed by atoms with Crippen LogP contribution >= 0.6 is 0 Å². The number of hydrogen-bond acceptors (Lipinski definition) is 8. The summed E-state index contributed by atoms with van der Waals surface area (Å²) < 4.78 is 12.7. The van der Waals surface area contributed by atoms with Gasteiger partial charge >= 0.3 is 0 Å². The molecule has 0 atom stereocenters. The molecule has 90 heavy (non-hydrogen) atoms. The largest absolute Gasteiger partial charge is 0.456 e. The van der Waals surface area contributed by atoms with E-state index in [4.69, 9.17) is 38.7 Å². The fourth-order valence-corrected chi connectivity index (χ4v) is 12.7. The predicted octanol–water partition coefficient (Wildman–Crippen LogP) is 21.5. The van der Waals surface area contributed by atoms with Gasteiger partial charge in [-0.25, -0.2) is 29.9 Å². The molecule has 0 N–H and O–H groups in total. The summed E-state index contributed by atoms with van der Waals surface area (Å²) >= 11 is 0. The SMILES string of the molecule is c1ccc(-c2nc(-c3ccc4ccccc4c3)nc(-c3ccc(-c4ccc5c(c4)oc4ccccc45)c4ccccc34)n2)cc1.c1ccc(-c2nc(-c3ccc4ccccc4c3)nc(-c3ccc(-c4cccc5c4oc4ccccc45)c4ccccc34)n2)cc1. The second kappa shape index (κ2) is 21.9.